The molecule has 1 rings (SSSR count). The van der Waals surface area contributed by atoms with E-state index in [2.05, 4.69) is 106 Å². The SMILES string of the molecule is CC/C=C\C/C=C\C/C=C\C/C=C\C/C=C\C/C=C\CCC(=O)OCC(COC1OC(C(=O)O)C(O)C(O)C1OC(=O)CCCCCCCCC/C=C\CCCCCCCC)OC(=O)CCCCCCCCC/C=C\CCCCCCCC. The van der Waals surface area contributed by atoms with Crippen LogP contribution in [0.25, 0.3) is 0 Å². The predicted octanol–water partition coefficient (Wildman–Crippen LogP) is 18.0. The van der Waals surface area contributed by atoms with Crippen LogP contribution in [0.1, 0.15) is 278 Å². The summed E-state index contributed by atoms with van der Waals surface area (Å²) in [4.78, 5) is 51.3. The Balaban J connectivity index is 2.71. The van der Waals surface area contributed by atoms with Crippen LogP contribution < -0.4 is 0 Å². The van der Waals surface area contributed by atoms with Crippen LogP contribution in [-0.2, 0) is 42.9 Å². The Kier molecular flexibility index (Phi) is 53.6. The summed E-state index contributed by atoms with van der Waals surface area (Å²) in [7, 11) is 0. The molecule has 0 amide bonds. The van der Waals surface area contributed by atoms with Crippen molar-refractivity contribution in [3.05, 3.63) is 97.2 Å². The summed E-state index contributed by atoms with van der Waals surface area (Å²) >= 11 is 0. The highest BCUT2D eigenvalue weighted by Crippen LogP contribution is 2.27. The lowest BCUT2D eigenvalue weighted by Gasteiger charge is -2.40. The second-order valence-corrected chi connectivity index (χ2v) is 22.4. The molecule has 12 heteroatoms. The van der Waals surface area contributed by atoms with Gasteiger partial charge in [0.15, 0.2) is 24.6 Å². The number of unbranched alkanes of at least 4 members (excludes halogenated alkanes) is 26. The topological polar surface area (TPSA) is 175 Å². The highest BCUT2D eigenvalue weighted by Gasteiger charge is 2.50. The molecular weight excluding hydrogens is 1040 g/mol. The summed E-state index contributed by atoms with van der Waals surface area (Å²) in [5, 5.41) is 31.6. The third kappa shape index (κ3) is 47.6. The van der Waals surface area contributed by atoms with Gasteiger partial charge in [0.05, 0.1) is 6.61 Å². The van der Waals surface area contributed by atoms with E-state index in [1.54, 1.807) is 0 Å². The number of esters is 3. The number of carboxylic acid groups (broad SMARTS) is 1. The maximum atomic E-state index is 13.2. The van der Waals surface area contributed by atoms with Gasteiger partial charge in [-0.3, -0.25) is 14.4 Å². The van der Waals surface area contributed by atoms with E-state index < -0.39 is 67.3 Å². The lowest BCUT2D eigenvalue weighted by Crippen LogP contribution is -2.61. The molecule has 1 saturated heterocycles. The summed E-state index contributed by atoms with van der Waals surface area (Å²) in [5.41, 5.74) is 0. The zero-order valence-corrected chi connectivity index (χ0v) is 52.4. The van der Waals surface area contributed by atoms with Gasteiger partial charge in [-0.1, -0.05) is 246 Å². The number of carboxylic acids is 1. The highest BCUT2D eigenvalue weighted by molar-refractivity contribution is 5.74. The number of carbonyl (C=O) groups is 4. The van der Waals surface area contributed by atoms with Gasteiger partial charge >= 0.3 is 23.9 Å². The van der Waals surface area contributed by atoms with E-state index >= 15 is 0 Å². The number of hydrogen-bond donors (Lipinski definition) is 3. The Hall–Kier alpha value is -4.36. The molecule has 0 radical (unpaired) electrons. The number of aliphatic carboxylic acids is 1. The van der Waals surface area contributed by atoms with Gasteiger partial charge in [0, 0.05) is 19.3 Å². The van der Waals surface area contributed by atoms with Crippen molar-refractivity contribution in [3.63, 3.8) is 0 Å². The second kappa shape index (κ2) is 58.0. The standard InChI is InChI=1S/C71H118O12/c1-4-7-10-13-16-19-22-25-28-31-32-35-36-39-42-45-48-51-54-57-63(72)79-60-62(81-64(73)58-55-52-49-46-43-40-37-33-29-26-23-20-17-14-11-8-5-2)61-80-71-69(67(76)66(75)68(83-71)70(77)78)82-65(74)59-56-53-50-47-44-41-38-34-30-27-24-21-18-15-12-9-6-3/h7,10,16,19,25-30,32,35,39,42,48,51,62,66-69,71,75-76H,4-6,8-9,11-15,17-18,20-24,31,33-34,36-38,40-41,43-47,49-50,52-61H2,1-3H3,(H,77,78)/b10-7-,19-16-,28-25-,29-26-,30-27-,35-32-,42-39-,51-48-. The molecule has 0 saturated carbocycles. The normalized spacial score (nSPS) is 18.2. The Bertz CT molecular complexity index is 1810. The first-order valence-electron chi connectivity index (χ1n) is 33.2. The lowest BCUT2D eigenvalue weighted by molar-refractivity contribution is -0.301. The fraction of sp³-hybridized carbons (Fsp3) is 0.718. The van der Waals surface area contributed by atoms with Crippen molar-refractivity contribution in [2.24, 2.45) is 0 Å². The number of rotatable bonds is 56. The van der Waals surface area contributed by atoms with Crippen LogP contribution >= 0.6 is 0 Å². The van der Waals surface area contributed by atoms with Gasteiger partial charge in [0.1, 0.15) is 18.8 Å². The van der Waals surface area contributed by atoms with E-state index in [-0.39, 0.29) is 25.9 Å². The number of allylic oxidation sites excluding steroid dienone is 16. The minimum Gasteiger partial charge on any atom is -0.479 e. The van der Waals surface area contributed by atoms with Crippen LogP contribution in [-0.4, -0.2) is 89.2 Å². The van der Waals surface area contributed by atoms with Crippen molar-refractivity contribution >= 4 is 23.9 Å². The molecule has 0 spiro atoms. The quantitative estimate of drug-likeness (QED) is 0.0228. The van der Waals surface area contributed by atoms with E-state index in [4.69, 9.17) is 23.7 Å². The van der Waals surface area contributed by atoms with Crippen LogP contribution in [0.5, 0.6) is 0 Å². The molecule has 474 valence electrons. The van der Waals surface area contributed by atoms with E-state index in [1.807, 2.05) is 12.2 Å². The van der Waals surface area contributed by atoms with Gasteiger partial charge in [-0.25, -0.2) is 4.79 Å². The smallest absolute Gasteiger partial charge is 0.335 e. The van der Waals surface area contributed by atoms with E-state index in [1.165, 1.54) is 109 Å². The molecule has 0 aliphatic carbocycles. The van der Waals surface area contributed by atoms with E-state index in [9.17, 15) is 34.5 Å². The average molecular weight is 1160 g/mol. The van der Waals surface area contributed by atoms with Crippen molar-refractivity contribution in [3.8, 4) is 0 Å². The molecule has 3 N–H and O–H groups in total. The van der Waals surface area contributed by atoms with Crippen molar-refractivity contribution in [2.75, 3.05) is 13.2 Å². The van der Waals surface area contributed by atoms with Crippen molar-refractivity contribution in [1.29, 1.82) is 0 Å². The van der Waals surface area contributed by atoms with Gasteiger partial charge in [0.25, 0.3) is 0 Å². The molecule has 6 unspecified atom stereocenters. The molecule has 0 aromatic heterocycles. The van der Waals surface area contributed by atoms with E-state index in [0.717, 1.165) is 109 Å². The molecule has 1 heterocycles. The number of aliphatic hydroxyl groups is 2. The number of hydrogen-bond acceptors (Lipinski definition) is 11. The van der Waals surface area contributed by atoms with Gasteiger partial charge in [-0.15, -0.1) is 0 Å². The largest absolute Gasteiger partial charge is 0.479 e. The molecule has 1 fully saturated rings. The summed E-state index contributed by atoms with van der Waals surface area (Å²) in [6.45, 7) is 5.83. The van der Waals surface area contributed by atoms with Crippen LogP contribution in [0.15, 0.2) is 97.2 Å². The second-order valence-electron chi connectivity index (χ2n) is 22.4. The maximum absolute atomic E-state index is 13.2. The van der Waals surface area contributed by atoms with E-state index in [0.29, 0.717) is 19.3 Å². The number of carbonyl (C=O) groups excluding carboxylic acids is 3. The summed E-state index contributed by atoms with van der Waals surface area (Å²) in [6, 6.07) is 0. The van der Waals surface area contributed by atoms with Gasteiger partial charge < -0.3 is 39.0 Å². The maximum Gasteiger partial charge on any atom is 0.335 e. The van der Waals surface area contributed by atoms with Crippen molar-refractivity contribution in [2.45, 2.75) is 314 Å². The van der Waals surface area contributed by atoms with Gasteiger partial charge in [-0.05, 0) is 109 Å². The molecule has 83 heavy (non-hydrogen) atoms. The molecule has 0 aromatic carbocycles. The molecule has 1 aliphatic heterocycles. The van der Waals surface area contributed by atoms with Crippen LogP contribution in [0.2, 0.25) is 0 Å². The molecular formula is C71H118O12. The van der Waals surface area contributed by atoms with Crippen molar-refractivity contribution in [1.82, 2.24) is 0 Å². The molecule has 0 aromatic rings. The molecule has 0 bridgehead atoms. The number of aliphatic hydroxyl groups excluding tert-OH is 2. The summed E-state index contributed by atoms with van der Waals surface area (Å²) < 4.78 is 28.5. The predicted molar refractivity (Wildman–Crippen MR) is 340 cm³/mol. The third-order valence-electron chi connectivity index (χ3n) is 14.6. The van der Waals surface area contributed by atoms with Crippen LogP contribution in [0.4, 0.5) is 0 Å². The Morgan fingerprint density at radius 1 is 0.410 bits per heavy atom. The zero-order valence-electron chi connectivity index (χ0n) is 52.4. The minimum absolute atomic E-state index is 0.0452. The summed E-state index contributed by atoms with van der Waals surface area (Å²) in [5.74, 6) is -3.24. The fourth-order valence-electron chi connectivity index (χ4n) is 9.56. The first-order chi connectivity index (χ1) is 40.6. The third-order valence-corrected chi connectivity index (χ3v) is 14.6. The Morgan fingerprint density at radius 3 is 1.20 bits per heavy atom. The van der Waals surface area contributed by atoms with Gasteiger partial charge in [-0.2, -0.15) is 0 Å². The molecule has 6 atom stereocenters. The lowest BCUT2D eigenvalue weighted by atomic mass is 9.98. The first-order valence-corrected chi connectivity index (χ1v) is 33.2. The molecule has 12 nitrogen and oxygen atoms in total. The highest BCUT2D eigenvalue weighted by atomic mass is 16.7. The van der Waals surface area contributed by atoms with Crippen LogP contribution in [0.3, 0.4) is 0 Å². The molecule has 1 aliphatic rings. The van der Waals surface area contributed by atoms with Gasteiger partial charge in [0.2, 0.25) is 0 Å². The first kappa shape index (κ1) is 76.7. The van der Waals surface area contributed by atoms with Crippen LogP contribution in [0, 0.1) is 0 Å². The van der Waals surface area contributed by atoms with Crippen molar-refractivity contribution < 1.29 is 58.2 Å². The zero-order chi connectivity index (χ0) is 60.3. The number of ether oxygens (including phenoxy) is 5. The average Bonchev–Trinajstić information content (AvgIpc) is 3.59. The minimum atomic E-state index is -1.92. The monoisotopic (exact) mass is 1160 g/mol. The summed E-state index contributed by atoms with van der Waals surface area (Å²) in [6.07, 6.45) is 65.2. The Labute approximate surface area is 504 Å². The fourth-order valence-corrected chi connectivity index (χ4v) is 9.56. The Morgan fingerprint density at radius 2 is 0.783 bits per heavy atom.